The second-order valence-electron chi connectivity index (χ2n) is 7.08. The minimum absolute atomic E-state index is 0.0648. The number of fused-ring (bicyclic) bond motifs is 1. The highest BCUT2D eigenvalue weighted by atomic mass is 32.1. The van der Waals surface area contributed by atoms with E-state index >= 15 is 0 Å². The monoisotopic (exact) mass is 455 g/mol. The van der Waals surface area contributed by atoms with Gasteiger partial charge in [0.15, 0.2) is 5.76 Å². The minimum Gasteiger partial charge on any atom is -0.488 e. The number of benzene rings is 1. The molecule has 0 bridgehead atoms. The number of carbonyl (C=O) groups excluding carboxylic acids is 2. The van der Waals surface area contributed by atoms with Gasteiger partial charge >= 0.3 is 0 Å². The Morgan fingerprint density at radius 2 is 2.23 bits per heavy atom. The number of hydrogen-bond donors (Lipinski definition) is 4. The van der Waals surface area contributed by atoms with Crippen LogP contribution in [0.2, 0.25) is 0 Å². The summed E-state index contributed by atoms with van der Waals surface area (Å²) in [4.78, 5) is 27.1. The van der Waals surface area contributed by atoms with Crippen molar-refractivity contribution in [1.82, 2.24) is 10.2 Å². The van der Waals surface area contributed by atoms with Gasteiger partial charge in [0.05, 0.1) is 12.2 Å². The summed E-state index contributed by atoms with van der Waals surface area (Å²) in [6.07, 6.45) is -2.72. The van der Waals surface area contributed by atoms with E-state index in [0.717, 1.165) is 0 Å². The van der Waals surface area contributed by atoms with Crippen molar-refractivity contribution < 1.29 is 32.6 Å². The Bertz CT molecular complexity index is 1020. The Hall–Kier alpha value is -2.79. The number of allylic oxidation sites excluding steroid dienone is 1. The molecule has 31 heavy (non-hydrogen) atoms. The molecule has 0 saturated carbocycles. The number of thiol groups is 1. The molecule has 168 valence electrons. The van der Waals surface area contributed by atoms with Crippen LogP contribution in [-0.2, 0) is 4.79 Å². The van der Waals surface area contributed by atoms with Gasteiger partial charge in [-0.25, -0.2) is 8.78 Å². The van der Waals surface area contributed by atoms with E-state index in [1.165, 1.54) is 23.1 Å². The highest BCUT2D eigenvalue weighted by Crippen LogP contribution is 2.35. The molecule has 1 aliphatic rings. The number of carbonyl (C=O) groups is 2. The van der Waals surface area contributed by atoms with Crippen LogP contribution >= 0.6 is 12.6 Å². The van der Waals surface area contributed by atoms with Crippen molar-refractivity contribution in [3.8, 4) is 5.75 Å². The van der Waals surface area contributed by atoms with Gasteiger partial charge in [-0.1, -0.05) is 0 Å². The molecule has 8 nitrogen and oxygen atoms in total. The van der Waals surface area contributed by atoms with Gasteiger partial charge in [0.25, 0.3) is 12.3 Å². The third-order valence-electron chi connectivity index (χ3n) is 4.92. The van der Waals surface area contributed by atoms with Gasteiger partial charge in [-0.2, -0.15) is 0 Å². The van der Waals surface area contributed by atoms with Gasteiger partial charge in [-0.05, 0) is 31.5 Å². The van der Waals surface area contributed by atoms with E-state index in [2.05, 4.69) is 17.9 Å². The maximum atomic E-state index is 13.6. The first-order valence-electron chi connectivity index (χ1n) is 9.55. The number of amides is 2. The molecule has 0 radical (unpaired) electrons. The summed E-state index contributed by atoms with van der Waals surface area (Å²) in [7, 11) is 0. The predicted octanol–water partition coefficient (Wildman–Crippen LogP) is 2.19. The Balaban J connectivity index is 1.89. The molecular formula is C20H23F2N3O5S. The van der Waals surface area contributed by atoms with E-state index in [1.807, 2.05) is 0 Å². The zero-order valence-electron chi connectivity index (χ0n) is 16.7. The Kier molecular flexibility index (Phi) is 7.06. The molecule has 1 unspecified atom stereocenters. The highest BCUT2D eigenvalue weighted by molar-refractivity contribution is 7.84. The number of ether oxygens (including phenoxy) is 1. The van der Waals surface area contributed by atoms with Crippen LogP contribution in [0.3, 0.4) is 0 Å². The second-order valence-corrected chi connectivity index (χ2v) is 7.62. The molecule has 3 rings (SSSR count). The Morgan fingerprint density at radius 3 is 2.87 bits per heavy atom. The zero-order valence-corrected chi connectivity index (χ0v) is 17.6. The van der Waals surface area contributed by atoms with Crippen molar-refractivity contribution in [1.29, 1.82) is 0 Å². The van der Waals surface area contributed by atoms with Crippen LogP contribution in [0.5, 0.6) is 5.75 Å². The lowest BCUT2D eigenvalue weighted by Gasteiger charge is -2.15. The SMILES string of the molecule is C/C(N)=C(/S)COc1ccc2oc(C(F)F)c(C(=O)NC3CCN(CCO)C3=O)c2c1. The average molecular weight is 455 g/mol. The summed E-state index contributed by atoms with van der Waals surface area (Å²) in [5, 5.41) is 11.7. The van der Waals surface area contributed by atoms with E-state index < -0.39 is 24.1 Å². The normalized spacial score (nSPS) is 17.4. The molecule has 1 aliphatic heterocycles. The summed E-state index contributed by atoms with van der Waals surface area (Å²) in [6, 6.07) is 3.50. The lowest BCUT2D eigenvalue weighted by Crippen LogP contribution is -2.42. The number of aliphatic hydroxyl groups is 1. The summed E-state index contributed by atoms with van der Waals surface area (Å²) in [6.45, 7) is 2.02. The largest absolute Gasteiger partial charge is 0.488 e. The second kappa shape index (κ2) is 9.56. The maximum absolute atomic E-state index is 13.6. The molecule has 1 aromatic heterocycles. The fourth-order valence-electron chi connectivity index (χ4n) is 3.28. The number of hydrogen-bond acceptors (Lipinski definition) is 7. The van der Waals surface area contributed by atoms with Crippen molar-refractivity contribution in [2.75, 3.05) is 26.3 Å². The first-order valence-corrected chi connectivity index (χ1v) is 9.99. The topological polar surface area (TPSA) is 118 Å². The molecule has 1 saturated heterocycles. The standard InChI is InChI=1S/C20H23F2N3O5S/c1-10(23)15(31)9-29-11-2-3-14-12(8-11)16(17(30-14)18(21)22)19(27)24-13-4-5-25(6-7-26)20(13)28/h2-3,8,13,18,26,31H,4-7,9,23H2,1H3,(H,24,27)/b15-10-. The molecular weight excluding hydrogens is 432 g/mol. The molecule has 0 aliphatic carbocycles. The number of nitrogens with one attached hydrogen (secondary N) is 1. The number of β-amino-alcohol motifs (C(OH)–C–C–N with tert-alkyl or cyclic N) is 1. The molecule has 2 amide bonds. The maximum Gasteiger partial charge on any atom is 0.296 e. The lowest BCUT2D eigenvalue weighted by molar-refractivity contribution is -0.129. The number of likely N-dealkylation sites (tertiary alicyclic amines) is 1. The number of furan rings is 1. The summed E-state index contributed by atoms with van der Waals surface area (Å²) in [5.41, 5.74) is 5.85. The van der Waals surface area contributed by atoms with Crippen LogP contribution in [0.15, 0.2) is 33.2 Å². The van der Waals surface area contributed by atoms with E-state index in [1.54, 1.807) is 6.92 Å². The smallest absolute Gasteiger partial charge is 0.296 e. The van der Waals surface area contributed by atoms with Gasteiger partial charge in [0.2, 0.25) is 5.91 Å². The minimum atomic E-state index is -3.03. The van der Waals surface area contributed by atoms with Gasteiger partial charge in [0, 0.05) is 29.1 Å². The average Bonchev–Trinajstić information content (AvgIpc) is 3.27. The Morgan fingerprint density at radius 1 is 1.48 bits per heavy atom. The molecule has 4 N–H and O–H groups in total. The number of rotatable bonds is 8. The van der Waals surface area contributed by atoms with Crippen LogP contribution < -0.4 is 15.8 Å². The van der Waals surface area contributed by atoms with Crippen molar-refractivity contribution in [3.63, 3.8) is 0 Å². The molecule has 2 aromatic rings. The van der Waals surface area contributed by atoms with Crippen molar-refractivity contribution >= 4 is 35.4 Å². The molecule has 1 fully saturated rings. The summed E-state index contributed by atoms with van der Waals surface area (Å²) < 4.78 is 38.0. The van der Waals surface area contributed by atoms with Crippen LogP contribution in [0.25, 0.3) is 11.0 Å². The van der Waals surface area contributed by atoms with Gasteiger partial charge in [0.1, 0.15) is 24.0 Å². The first kappa shape index (κ1) is 22.9. The van der Waals surface area contributed by atoms with E-state index in [9.17, 15) is 18.4 Å². The van der Waals surface area contributed by atoms with Gasteiger partial charge < -0.3 is 30.2 Å². The molecule has 0 spiro atoms. The van der Waals surface area contributed by atoms with E-state index in [-0.39, 0.29) is 42.2 Å². The number of alkyl halides is 2. The first-order chi connectivity index (χ1) is 14.7. The zero-order chi connectivity index (χ0) is 22.7. The lowest BCUT2D eigenvalue weighted by atomic mass is 10.1. The fraction of sp³-hybridized carbons (Fsp3) is 0.400. The van der Waals surface area contributed by atoms with Crippen molar-refractivity contribution in [2.45, 2.75) is 25.8 Å². The van der Waals surface area contributed by atoms with Crippen molar-refractivity contribution in [2.24, 2.45) is 5.73 Å². The van der Waals surface area contributed by atoms with Crippen LogP contribution in [0.1, 0.15) is 35.9 Å². The fourth-order valence-corrected chi connectivity index (χ4v) is 3.35. The number of nitrogens with zero attached hydrogens (tertiary/aromatic N) is 1. The molecule has 11 heteroatoms. The predicted molar refractivity (Wildman–Crippen MR) is 112 cm³/mol. The third-order valence-corrected chi connectivity index (χ3v) is 5.40. The number of nitrogens with two attached hydrogens (primary N) is 1. The highest BCUT2D eigenvalue weighted by Gasteiger charge is 2.35. The van der Waals surface area contributed by atoms with Crippen LogP contribution in [0, 0.1) is 0 Å². The van der Waals surface area contributed by atoms with Crippen LogP contribution in [-0.4, -0.2) is 54.2 Å². The van der Waals surface area contributed by atoms with Crippen molar-refractivity contribution in [3.05, 3.63) is 40.1 Å². The Labute approximate surface area is 182 Å². The summed E-state index contributed by atoms with van der Waals surface area (Å²) in [5.74, 6) is -1.69. The summed E-state index contributed by atoms with van der Waals surface area (Å²) >= 11 is 4.20. The third kappa shape index (κ3) is 4.93. The van der Waals surface area contributed by atoms with E-state index in [0.29, 0.717) is 29.3 Å². The molecule has 1 aromatic carbocycles. The number of aliphatic hydroxyl groups excluding tert-OH is 1. The van der Waals surface area contributed by atoms with Crippen LogP contribution in [0.4, 0.5) is 8.78 Å². The molecule has 2 heterocycles. The van der Waals surface area contributed by atoms with Gasteiger partial charge in [-0.3, -0.25) is 9.59 Å². The van der Waals surface area contributed by atoms with E-state index in [4.69, 9.17) is 20.0 Å². The quantitative estimate of drug-likeness (QED) is 0.453. The number of halogens is 2. The molecule has 1 atom stereocenters. The van der Waals surface area contributed by atoms with Gasteiger partial charge in [-0.15, -0.1) is 12.6 Å².